The molecule has 0 saturated carbocycles. The molecule has 3 N–H and O–H groups in total. The molecular formula is C17H19N3O3. The Kier molecular flexibility index (Phi) is 5.57. The first kappa shape index (κ1) is 16.4. The van der Waals surface area contributed by atoms with Crippen LogP contribution in [0.25, 0.3) is 0 Å². The number of rotatable bonds is 6. The summed E-state index contributed by atoms with van der Waals surface area (Å²) in [6.45, 7) is 1.56. The molecule has 0 aliphatic rings. The van der Waals surface area contributed by atoms with Gasteiger partial charge in [0.25, 0.3) is 0 Å². The van der Waals surface area contributed by atoms with E-state index in [2.05, 4.69) is 16.0 Å². The smallest absolute Gasteiger partial charge is 0.243 e. The van der Waals surface area contributed by atoms with Gasteiger partial charge < -0.3 is 20.7 Å². The number of carbonyl (C=O) groups is 2. The highest BCUT2D eigenvalue weighted by molar-refractivity contribution is 5.94. The van der Waals surface area contributed by atoms with Crippen molar-refractivity contribution in [3.8, 4) is 5.75 Å². The Bertz CT molecular complexity index is 684. The third-order valence-electron chi connectivity index (χ3n) is 3.04. The lowest BCUT2D eigenvalue weighted by atomic mass is 10.2. The van der Waals surface area contributed by atoms with Crippen LogP contribution in [-0.2, 0) is 9.59 Å². The number of methoxy groups -OCH3 is 1. The number of carbonyl (C=O) groups excluding carboxylic acids is 2. The quantitative estimate of drug-likeness (QED) is 0.766. The summed E-state index contributed by atoms with van der Waals surface area (Å²) >= 11 is 0. The number of benzene rings is 2. The summed E-state index contributed by atoms with van der Waals surface area (Å²) in [6.07, 6.45) is 0. The third kappa shape index (κ3) is 5.03. The average molecular weight is 313 g/mol. The Morgan fingerprint density at radius 3 is 2.17 bits per heavy atom. The van der Waals surface area contributed by atoms with Gasteiger partial charge in [0, 0.05) is 18.3 Å². The molecule has 0 radical (unpaired) electrons. The predicted molar refractivity (Wildman–Crippen MR) is 90.9 cm³/mol. The first-order chi connectivity index (χ1) is 11.1. The van der Waals surface area contributed by atoms with E-state index < -0.39 is 0 Å². The Morgan fingerprint density at radius 1 is 0.957 bits per heavy atom. The summed E-state index contributed by atoms with van der Waals surface area (Å²) in [4.78, 5) is 22.9. The lowest BCUT2D eigenvalue weighted by molar-refractivity contribution is -0.115. The third-order valence-corrected chi connectivity index (χ3v) is 3.04. The van der Waals surface area contributed by atoms with Crippen LogP contribution in [0.1, 0.15) is 6.92 Å². The van der Waals surface area contributed by atoms with Crippen molar-refractivity contribution in [2.45, 2.75) is 6.92 Å². The van der Waals surface area contributed by atoms with Gasteiger partial charge in [-0.25, -0.2) is 0 Å². The van der Waals surface area contributed by atoms with Crippen LogP contribution in [0.3, 0.4) is 0 Å². The molecule has 0 fully saturated rings. The van der Waals surface area contributed by atoms with Crippen molar-refractivity contribution in [3.05, 3.63) is 48.5 Å². The van der Waals surface area contributed by atoms with Gasteiger partial charge in [0.2, 0.25) is 11.8 Å². The van der Waals surface area contributed by atoms with Gasteiger partial charge in [-0.05, 0) is 36.4 Å². The topological polar surface area (TPSA) is 79.5 Å². The van der Waals surface area contributed by atoms with Crippen molar-refractivity contribution < 1.29 is 14.3 Å². The zero-order chi connectivity index (χ0) is 16.7. The molecule has 0 bridgehead atoms. The van der Waals surface area contributed by atoms with Gasteiger partial charge >= 0.3 is 0 Å². The highest BCUT2D eigenvalue weighted by atomic mass is 16.5. The first-order valence-electron chi connectivity index (χ1n) is 7.13. The van der Waals surface area contributed by atoms with Crippen LogP contribution in [-0.4, -0.2) is 25.5 Å². The maximum absolute atomic E-state index is 12.0. The molecule has 0 atom stereocenters. The van der Waals surface area contributed by atoms with Crippen molar-refractivity contribution in [1.82, 2.24) is 0 Å². The van der Waals surface area contributed by atoms with E-state index in [-0.39, 0.29) is 18.4 Å². The van der Waals surface area contributed by atoms with Crippen LogP contribution >= 0.6 is 0 Å². The maximum Gasteiger partial charge on any atom is 0.243 e. The molecule has 0 heterocycles. The second-order valence-electron chi connectivity index (χ2n) is 4.86. The van der Waals surface area contributed by atoms with Crippen LogP contribution < -0.4 is 20.7 Å². The number of nitrogens with one attached hydrogen (secondary N) is 3. The Hall–Kier alpha value is -3.02. The molecule has 6 heteroatoms. The van der Waals surface area contributed by atoms with Crippen LogP contribution in [0.5, 0.6) is 5.75 Å². The normalized spacial score (nSPS) is 9.83. The zero-order valence-electron chi connectivity index (χ0n) is 13.1. The molecule has 6 nitrogen and oxygen atoms in total. The monoisotopic (exact) mass is 313 g/mol. The van der Waals surface area contributed by atoms with E-state index in [0.717, 1.165) is 5.69 Å². The van der Waals surface area contributed by atoms with E-state index >= 15 is 0 Å². The average Bonchev–Trinajstić information content (AvgIpc) is 2.54. The van der Waals surface area contributed by atoms with Crippen molar-refractivity contribution in [3.63, 3.8) is 0 Å². The molecule has 0 aromatic heterocycles. The van der Waals surface area contributed by atoms with Gasteiger partial charge in [-0.3, -0.25) is 9.59 Å². The molecule has 2 amide bonds. The van der Waals surface area contributed by atoms with Gasteiger partial charge in [-0.2, -0.15) is 0 Å². The van der Waals surface area contributed by atoms with Crippen LogP contribution in [0.15, 0.2) is 48.5 Å². The molecule has 2 aromatic carbocycles. The molecule has 0 aliphatic carbocycles. The standard InChI is InChI=1S/C17H19N3O3/c1-12(21)19-13-7-9-14(10-8-13)20-17(22)11-18-15-5-3-4-6-16(15)23-2/h3-10,18H,11H2,1-2H3,(H,19,21)(H,20,22). The van der Waals surface area contributed by atoms with E-state index in [4.69, 9.17) is 4.74 Å². The minimum absolute atomic E-state index is 0.119. The predicted octanol–water partition coefficient (Wildman–Crippen LogP) is 2.70. The summed E-state index contributed by atoms with van der Waals surface area (Å²) in [5.74, 6) is 0.367. The molecule has 0 unspecified atom stereocenters. The van der Waals surface area contributed by atoms with Crippen molar-refractivity contribution >= 4 is 28.9 Å². The Balaban J connectivity index is 1.88. The van der Waals surface area contributed by atoms with Crippen LogP contribution in [0.4, 0.5) is 17.1 Å². The van der Waals surface area contributed by atoms with Crippen molar-refractivity contribution in [2.24, 2.45) is 0 Å². The second-order valence-corrected chi connectivity index (χ2v) is 4.86. The van der Waals surface area contributed by atoms with Crippen molar-refractivity contribution in [1.29, 1.82) is 0 Å². The largest absolute Gasteiger partial charge is 0.495 e. The fourth-order valence-corrected chi connectivity index (χ4v) is 2.01. The first-order valence-corrected chi connectivity index (χ1v) is 7.13. The second kappa shape index (κ2) is 7.84. The molecule has 2 aromatic rings. The summed E-state index contributed by atoms with van der Waals surface area (Å²) in [7, 11) is 1.58. The summed E-state index contributed by atoms with van der Waals surface area (Å²) in [5, 5.41) is 8.47. The Labute approximate surface area is 134 Å². The van der Waals surface area contributed by atoms with Gasteiger partial charge in [0.15, 0.2) is 0 Å². The number of hydrogen-bond acceptors (Lipinski definition) is 4. The highest BCUT2D eigenvalue weighted by Gasteiger charge is 2.05. The van der Waals surface area contributed by atoms with E-state index in [0.29, 0.717) is 17.1 Å². The fourth-order valence-electron chi connectivity index (χ4n) is 2.01. The van der Waals surface area contributed by atoms with E-state index in [1.807, 2.05) is 24.3 Å². The van der Waals surface area contributed by atoms with E-state index in [9.17, 15) is 9.59 Å². The summed E-state index contributed by atoms with van der Waals surface area (Å²) < 4.78 is 5.21. The zero-order valence-corrected chi connectivity index (χ0v) is 13.1. The number of hydrogen-bond donors (Lipinski definition) is 3. The van der Waals surface area contributed by atoms with Crippen LogP contribution in [0, 0.1) is 0 Å². The molecule has 0 saturated heterocycles. The van der Waals surface area contributed by atoms with Crippen LogP contribution in [0.2, 0.25) is 0 Å². The molecule has 2 rings (SSSR count). The number of para-hydroxylation sites is 2. The lowest BCUT2D eigenvalue weighted by Crippen LogP contribution is -2.21. The minimum atomic E-state index is -0.178. The maximum atomic E-state index is 12.0. The lowest BCUT2D eigenvalue weighted by Gasteiger charge is -2.11. The number of ether oxygens (including phenoxy) is 1. The number of amides is 2. The minimum Gasteiger partial charge on any atom is -0.495 e. The van der Waals surface area contributed by atoms with Gasteiger partial charge in [-0.1, -0.05) is 12.1 Å². The summed E-state index contributed by atoms with van der Waals surface area (Å²) in [5.41, 5.74) is 2.10. The van der Waals surface area contributed by atoms with E-state index in [1.54, 1.807) is 31.4 Å². The molecule has 120 valence electrons. The molecule has 23 heavy (non-hydrogen) atoms. The van der Waals surface area contributed by atoms with E-state index in [1.165, 1.54) is 6.92 Å². The van der Waals surface area contributed by atoms with Gasteiger partial charge in [-0.15, -0.1) is 0 Å². The molecule has 0 aliphatic heterocycles. The molecule has 0 spiro atoms. The Morgan fingerprint density at radius 2 is 1.57 bits per heavy atom. The number of anilines is 3. The molecular weight excluding hydrogens is 294 g/mol. The highest BCUT2D eigenvalue weighted by Crippen LogP contribution is 2.22. The summed E-state index contributed by atoms with van der Waals surface area (Å²) in [6, 6.07) is 14.3. The van der Waals surface area contributed by atoms with Gasteiger partial charge in [0.1, 0.15) is 5.75 Å². The fraction of sp³-hybridized carbons (Fsp3) is 0.176. The SMILES string of the molecule is COc1ccccc1NCC(=O)Nc1ccc(NC(C)=O)cc1. The van der Waals surface area contributed by atoms with Gasteiger partial charge in [0.05, 0.1) is 19.3 Å². The van der Waals surface area contributed by atoms with Crippen molar-refractivity contribution in [2.75, 3.05) is 29.6 Å².